The minimum Gasteiger partial charge on any atom is -0.328 e. The van der Waals surface area contributed by atoms with Gasteiger partial charge in [-0.2, -0.15) is 18.2 Å². The summed E-state index contributed by atoms with van der Waals surface area (Å²) in [5, 5.41) is 0.740. The lowest BCUT2D eigenvalue weighted by molar-refractivity contribution is -0.140. The Morgan fingerprint density at radius 3 is 2.54 bits per heavy atom. The Labute approximate surface area is 212 Å². The van der Waals surface area contributed by atoms with E-state index in [9.17, 15) is 18.0 Å². The van der Waals surface area contributed by atoms with Crippen LogP contribution < -0.4 is 10.7 Å². The van der Waals surface area contributed by atoms with Crippen molar-refractivity contribution in [3.8, 4) is 11.4 Å². The summed E-state index contributed by atoms with van der Waals surface area (Å²) in [5.41, 5.74) is 2.01. The molecule has 192 valence electrons. The number of imidazole rings is 1. The highest BCUT2D eigenvalue weighted by Gasteiger charge is 2.35. The van der Waals surface area contributed by atoms with Crippen LogP contribution in [0.4, 0.5) is 13.2 Å². The smallest absolute Gasteiger partial charge is 0.328 e. The monoisotopic (exact) mass is 508 g/mol. The molecule has 1 atom stereocenters. The van der Waals surface area contributed by atoms with Gasteiger partial charge in [-0.25, -0.2) is 15.0 Å². The molecule has 1 amide bonds. The summed E-state index contributed by atoms with van der Waals surface area (Å²) in [5.74, 6) is 0.202. The maximum Gasteiger partial charge on any atom is 0.434 e. The minimum absolute atomic E-state index is 0.180. The highest BCUT2D eigenvalue weighted by molar-refractivity contribution is 5.89. The SMILES string of the molecule is CC(C)n1cc(C(F)(F)F)nc1-c1ccc(Cc2ncc3c(n2)=NC(=O)C(C2=CCN(C)CC2)C=3)cc1. The van der Waals surface area contributed by atoms with E-state index in [1.165, 1.54) is 4.57 Å². The zero-order chi connectivity index (χ0) is 26.3. The normalized spacial score (nSPS) is 18.3. The molecule has 2 aliphatic heterocycles. The average Bonchev–Trinajstić information content (AvgIpc) is 3.31. The van der Waals surface area contributed by atoms with Gasteiger partial charge in [-0.3, -0.25) is 4.79 Å². The third-order valence-electron chi connectivity index (χ3n) is 6.67. The maximum atomic E-state index is 13.2. The van der Waals surface area contributed by atoms with Gasteiger partial charge in [0.05, 0.1) is 5.92 Å². The molecule has 2 aliphatic rings. The first-order valence-corrected chi connectivity index (χ1v) is 12.2. The largest absolute Gasteiger partial charge is 0.434 e. The third kappa shape index (κ3) is 5.24. The van der Waals surface area contributed by atoms with Crippen molar-refractivity contribution < 1.29 is 18.0 Å². The molecule has 0 fully saturated rings. The molecule has 1 aromatic carbocycles. The number of nitrogens with zero attached hydrogens (tertiary/aromatic N) is 6. The standard InChI is InChI=1S/C27H27F3N6O/c1-16(2)36-15-22(27(28,29)30)32-25(36)19-6-4-17(5-7-19)12-23-31-14-20-13-21(26(37)34-24(20)33-23)18-8-10-35(3)11-9-18/h4-8,13-16,21H,9-12H2,1-3H3. The van der Waals surface area contributed by atoms with Crippen LogP contribution in [0.2, 0.25) is 0 Å². The number of alkyl halides is 3. The van der Waals surface area contributed by atoms with Crippen molar-refractivity contribution >= 4 is 12.0 Å². The molecular weight excluding hydrogens is 481 g/mol. The molecule has 37 heavy (non-hydrogen) atoms. The fourth-order valence-corrected chi connectivity index (χ4v) is 4.56. The fourth-order valence-electron chi connectivity index (χ4n) is 4.56. The van der Waals surface area contributed by atoms with Crippen LogP contribution in [0.1, 0.15) is 43.4 Å². The van der Waals surface area contributed by atoms with E-state index < -0.39 is 11.9 Å². The zero-order valence-corrected chi connectivity index (χ0v) is 20.8. The Morgan fingerprint density at radius 1 is 1.14 bits per heavy atom. The van der Waals surface area contributed by atoms with Crippen LogP contribution in [0, 0.1) is 5.92 Å². The predicted octanol–water partition coefficient (Wildman–Crippen LogP) is 3.35. The molecule has 5 rings (SSSR count). The van der Waals surface area contributed by atoms with E-state index in [-0.39, 0.29) is 23.7 Å². The van der Waals surface area contributed by atoms with Gasteiger partial charge in [0.2, 0.25) is 0 Å². The topological polar surface area (TPSA) is 76.3 Å². The fraction of sp³-hybridized carbons (Fsp3) is 0.370. The third-order valence-corrected chi connectivity index (χ3v) is 6.67. The number of amides is 1. The first-order valence-electron chi connectivity index (χ1n) is 12.2. The summed E-state index contributed by atoms with van der Waals surface area (Å²) in [6, 6.07) is 6.96. The Balaban J connectivity index is 1.37. The lowest BCUT2D eigenvalue weighted by Gasteiger charge is -2.25. The second-order valence-corrected chi connectivity index (χ2v) is 9.77. The lowest BCUT2D eigenvalue weighted by atomic mass is 9.91. The molecule has 0 bridgehead atoms. The summed E-state index contributed by atoms with van der Waals surface area (Å²) in [6.07, 6.45) is 3.45. The molecule has 2 aromatic heterocycles. The number of hydrogen-bond acceptors (Lipinski definition) is 5. The summed E-state index contributed by atoms with van der Waals surface area (Å²) in [7, 11) is 2.05. The minimum atomic E-state index is -4.51. The van der Waals surface area contributed by atoms with Gasteiger partial charge < -0.3 is 9.47 Å². The average molecular weight is 509 g/mol. The van der Waals surface area contributed by atoms with E-state index in [1.54, 1.807) is 18.3 Å². The molecule has 10 heteroatoms. The van der Waals surface area contributed by atoms with Crippen molar-refractivity contribution in [1.82, 2.24) is 24.4 Å². The van der Waals surface area contributed by atoms with Gasteiger partial charge in [0.15, 0.2) is 11.2 Å². The Bertz CT molecular complexity index is 1490. The Hall–Kier alpha value is -3.66. The van der Waals surface area contributed by atoms with E-state index >= 15 is 0 Å². The van der Waals surface area contributed by atoms with Gasteiger partial charge in [0, 0.05) is 48.7 Å². The molecule has 0 saturated carbocycles. The van der Waals surface area contributed by atoms with E-state index in [0.29, 0.717) is 23.3 Å². The zero-order valence-electron chi connectivity index (χ0n) is 20.8. The molecule has 0 spiro atoms. The first kappa shape index (κ1) is 25.0. The van der Waals surface area contributed by atoms with Gasteiger partial charge in [-0.15, -0.1) is 0 Å². The van der Waals surface area contributed by atoms with Gasteiger partial charge in [-0.1, -0.05) is 42.0 Å². The highest BCUT2D eigenvalue weighted by atomic mass is 19.4. The quantitative estimate of drug-likeness (QED) is 0.494. The van der Waals surface area contributed by atoms with Crippen molar-refractivity contribution in [3.05, 3.63) is 76.1 Å². The summed E-state index contributed by atoms with van der Waals surface area (Å²) < 4.78 is 41.2. The Kier molecular flexibility index (Phi) is 6.53. The Morgan fingerprint density at radius 2 is 1.89 bits per heavy atom. The second-order valence-electron chi connectivity index (χ2n) is 9.77. The number of likely N-dealkylation sites (N-methyl/N-ethyl adjacent to an activating group) is 1. The van der Waals surface area contributed by atoms with Crippen LogP contribution in [-0.4, -0.2) is 50.5 Å². The van der Waals surface area contributed by atoms with E-state index in [2.05, 4.69) is 30.9 Å². The number of benzene rings is 1. The highest BCUT2D eigenvalue weighted by Crippen LogP contribution is 2.32. The lowest BCUT2D eigenvalue weighted by Crippen LogP contribution is -2.39. The van der Waals surface area contributed by atoms with Crippen LogP contribution in [0.3, 0.4) is 0 Å². The first-order chi connectivity index (χ1) is 17.6. The molecule has 0 saturated heterocycles. The van der Waals surface area contributed by atoms with Crippen LogP contribution >= 0.6 is 0 Å². The molecule has 1 unspecified atom stereocenters. The predicted molar refractivity (Wildman–Crippen MR) is 132 cm³/mol. The number of carbonyl (C=O) groups is 1. The van der Waals surface area contributed by atoms with Crippen molar-refractivity contribution in [1.29, 1.82) is 0 Å². The molecule has 0 radical (unpaired) electrons. The van der Waals surface area contributed by atoms with Gasteiger partial charge in [-0.05, 0) is 32.9 Å². The maximum absolute atomic E-state index is 13.2. The van der Waals surface area contributed by atoms with Crippen molar-refractivity contribution in [2.24, 2.45) is 10.9 Å². The number of halogens is 3. The van der Waals surface area contributed by atoms with Crippen LogP contribution in [0.5, 0.6) is 0 Å². The van der Waals surface area contributed by atoms with Crippen LogP contribution in [0.15, 0.2) is 53.3 Å². The molecule has 0 N–H and O–H groups in total. The number of fused-ring (bicyclic) bond motifs is 1. The number of carbonyl (C=O) groups excluding carboxylic acids is 1. The van der Waals surface area contributed by atoms with Crippen molar-refractivity contribution in [2.75, 3.05) is 20.1 Å². The van der Waals surface area contributed by atoms with Gasteiger partial charge in [0.1, 0.15) is 11.6 Å². The summed E-state index contributed by atoms with van der Waals surface area (Å²) in [4.78, 5) is 32.0. The molecule has 0 aliphatic carbocycles. The summed E-state index contributed by atoms with van der Waals surface area (Å²) in [6.45, 7) is 5.35. The van der Waals surface area contributed by atoms with Crippen molar-refractivity contribution in [2.45, 2.75) is 38.9 Å². The van der Waals surface area contributed by atoms with E-state index in [4.69, 9.17) is 0 Å². The summed E-state index contributed by atoms with van der Waals surface area (Å²) >= 11 is 0. The number of hydrogen-bond donors (Lipinski definition) is 0. The van der Waals surface area contributed by atoms with Crippen molar-refractivity contribution in [3.63, 3.8) is 0 Å². The van der Waals surface area contributed by atoms with Gasteiger partial charge in [0.25, 0.3) is 5.91 Å². The molecule has 3 aromatic rings. The second kappa shape index (κ2) is 9.66. The molecular formula is C27H27F3N6O. The molecule has 7 nitrogen and oxygen atoms in total. The van der Waals surface area contributed by atoms with E-state index in [0.717, 1.165) is 42.1 Å². The van der Waals surface area contributed by atoms with Gasteiger partial charge >= 0.3 is 6.18 Å². The van der Waals surface area contributed by atoms with E-state index in [1.807, 2.05) is 39.1 Å². The molecule has 4 heterocycles. The number of aromatic nitrogens is 4. The number of rotatable bonds is 5. The van der Waals surface area contributed by atoms with Crippen LogP contribution in [-0.2, 0) is 17.4 Å². The van der Waals surface area contributed by atoms with Crippen LogP contribution in [0.25, 0.3) is 17.5 Å².